The van der Waals surface area contributed by atoms with Crippen LogP contribution in [0, 0.1) is 17.8 Å². The van der Waals surface area contributed by atoms with Crippen molar-refractivity contribution in [3.63, 3.8) is 0 Å². The van der Waals surface area contributed by atoms with Gasteiger partial charge in [0.15, 0.2) is 0 Å². The molecule has 0 bridgehead atoms. The largest absolute Gasteiger partial charge is 0.338 e. The van der Waals surface area contributed by atoms with E-state index in [0.29, 0.717) is 29.1 Å². The van der Waals surface area contributed by atoms with Crippen LogP contribution in [0.15, 0.2) is 82.8 Å². The summed E-state index contributed by atoms with van der Waals surface area (Å²) in [5.74, 6) is 1.62. The van der Waals surface area contributed by atoms with Gasteiger partial charge in [0.25, 0.3) is 5.91 Å². The third-order valence-corrected chi connectivity index (χ3v) is 7.72. The number of rotatable bonds is 5. The maximum absolute atomic E-state index is 12.8. The van der Waals surface area contributed by atoms with Gasteiger partial charge in [-0.3, -0.25) is 9.59 Å². The number of allylic oxidation sites excluding steroid dienone is 5. The topological polar surface area (TPSA) is 62.3 Å². The number of likely N-dealkylation sites (tertiary alicyclic amines) is 1. The maximum atomic E-state index is 12.8. The standard InChI is InChI=1S/C30H31N3O2S/c1-20-4-3-5-21(2)13-25(12-20)30(35)32-28-8-6-22(16-31-28)7-9-29(34)33-17-26-14-24(15-27(26)18-33)23-10-11-36-19-23/h3-4,6-14,16,19,21,26-27H,5,15,17-18H2,1-2H3,(H,31,32,35)/b4-3?,9-7+,20-12?,25-13+/t21-,26?,27?/m1/s1. The molecular formula is C30H31N3O2S. The smallest absolute Gasteiger partial charge is 0.256 e. The predicted molar refractivity (Wildman–Crippen MR) is 147 cm³/mol. The predicted octanol–water partition coefficient (Wildman–Crippen LogP) is 6.13. The average Bonchev–Trinajstić information content (AvgIpc) is 3.58. The van der Waals surface area contributed by atoms with E-state index < -0.39 is 0 Å². The van der Waals surface area contributed by atoms with Crippen molar-refractivity contribution in [1.29, 1.82) is 0 Å². The third-order valence-electron chi connectivity index (χ3n) is 7.04. The van der Waals surface area contributed by atoms with Gasteiger partial charge in [-0.25, -0.2) is 4.98 Å². The minimum absolute atomic E-state index is 0.0359. The molecule has 2 unspecified atom stereocenters. The highest BCUT2D eigenvalue weighted by Gasteiger charge is 2.37. The Morgan fingerprint density at radius 3 is 2.83 bits per heavy atom. The number of fused-ring (bicyclic) bond motifs is 1. The van der Waals surface area contributed by atoms with Gasteiger partial charge in [0.2, 0.25) is 5.91 Å². The highest BCUT2D eigenvalue weighted by Crippen LogP contribution is 2.41. The SMILES string of the molecule is CC1=C/C(C(=O)Nc2ccc(/C=C/C(=O)N3CC4C=C(c5ccsc5)CC4C3)cn2)=C\[C@H](C)CC=C1. The lowest BCUT2D eigenvalue weighted by atomic mass is 9.98. The number of nitrogens with one attached hydrogen (secondary N) is 1. The van der Waals surface area contributed by atoms with Crippen LogP contribution in [-0.2, 0) is 9.59 Å². The Bertz CT molecular complexity index is 1280. The van der Waals surface area contributed by atoms with Gasteiger partial charge in [-0.05, 0) is 95.3 Å². The van der Waals surface area contributed by atoms with Crippen LogP contribution in [0.2, 0.25) is 0 Å². The molecule has 2 aromatic rings. The van der Waals surface area contributed by atoms with Crippen molar-refractivity contribution in [3.05, 3.63) is 93.9 Å². The van der Waals surface area contributed by atoms with Crippen molar-refractivity contribution in [3.8, 4) is 0 Å². The number of amides is 2. The van der Waals surface area contributed by atoms with Crippen molar-refractivity contribution in [2.24, 2.45) is 17.8 Å². The molecule has 3 heterocycles. The third kappa shape index (κ3) is 5.65. The summed E-state index contributed by atoms with van der Waals surface area (Å²) in [5.41, 5.74) is 5.27. The number of pyridine rings is 1. The monoisotopic (exact) mass is 497 g/mol. The molecule has 0 aromatic carbocycles. The molecule has 1 fully saturated rings. The van der Waals surface area contributed by atoms with Gasteiger partial charge in [0, 0.05) is 30.9 Å². The number of hydrogen-bond acceptors (Lipinski definition) is 4. The Labute approximate surface area is 216 Å². The van der Waals surface area contributed by atoms with E-state index in [0.717, 1.165) is 37.1 Å². The van der Waals surface area contributed by atoms with E-state index in [4.69, 9.17) is 0 Å². The fraction of sp³-hybridized carbons (Fsp3) is 0.300. The van der Waals surface area contributed by atoms with Gasteiger partial charge in [-0.2, -0.15) is 11.3 Å². The molecule has 2 amide bonds. The molecule has 184 valence electrons. The molecule has 1 N–H and O–H groups in total. The van der Waals surface area contributed by atoms with E-state index in [2.05, 4.69) is 46.2 Å². The molecule has 0 spiro atoms. The van der Waals surface area contributed by atoms with E-state index in [1.165, 1.54) is 11.1 Å². The Balaban J connectivity index is 1.16. The molecule has 5 nitrogen and oxygen atoms in total. The molecule has 5 rings (SSSR count). The summed E-state index contributed by atoms with van der Waals surface area (Å²) in [6.45, 7) is 5.67. The number of carbonyl (C=O) groups is 2. The summed E-state index contributed by atoms with van der Waals surface area (Å²) >= 11 is 1.73. The molecule has 0 radical (unpaired) electrons. The number of nitrogens with zero attached hydrogens (tertiary/aromatic N) is 2. The van der Waals surface area contributed by atoms with Crippen LogP contribution >= 0.6 is 11.3 Å². The van der Waals surface area contributed by atoms with Gasteiger partial charge in [-0.15, -0.1) is 0 Å². The second kappa shape index (κ2) is 10.6. The summed E-state index contributed by atoms with van der Waals surface area (Å²) in [6, 6.07) is 5.81. The molecule has 3 atom stereocenters. The quantitative estimate of drug-likeness (QED) is 0.506. The second-order valence-electron chi connectivity index (χ2n) is 9.97. The van der Waals surface area contributed by atoms with Crippen LogP contribution in [0.4, 0.5) is 5.82 Å². The van der Waals surface area contributed by atoms with Crippen molar-refractivity contribution in [1.82, 2.24) is 9.88 Å². The minimum Gasteiger partial charge on any atom is -0.338 e. The molecule has 2 aliphatic carbocycles. The van der Waals surface area contributed by atoms with E-state index in [-0.39, 0.29) is 11.8 Å². The van der Waals surface area contributed by atoms with Gasteiger partial charge in [-0.1, -0.05) is 36.8 Å². The minimum atomic E-state index is -0.168. The fourth-order valence-corrected chi connectivity index (χ4v) is 5.80. The van der Waals surface area contributed by atoms with E-state index in [1.54, 1.807) is 35.8 Å². The van der Waals surface area contributed by atoms with Gasteiger partial charge in [0.05, 0.1) is 0 Å². The highest BCUT2D eigenvalue weighted by atomic mass is 32.1. The lowest BCUT2D eigenvalue weighted by Crippen LogP contribution is -2.27. The lowest BCUT2D eigenvalue weighted by Gasteiger charge is -2.15. The van der Waals surface area contributed by atoms with Crippen LogP contribution in [0.25, 0.3) is 11.6 Å². The summed E-state index contributed by atoms with van der Waals surface area (Å²) in [5, 5.41) is 7.20. The number of anilines is 1. The summed E-state index contributed by atoms with van der Waals surface area (Å²) in [6.07, 6.45) is 17.5. The van der Waals surface area contributed by atoms with Crippen molar-refractivity contribution < 1.29 is 9.59 Å². The fourth-order valence-electron chi connectivity index (χ4n) is 5.12. The normalized spacial score (nSPS) is 25.0. The Morgan fingerprint density at radius 2 is 2.08 bits per heavy atom. The van der Waals surface area contributed by atoms with Crippen molar-refractivity contribution in [2.75, 3.05) is 18.4 Å². The molecule has 6 heteroatoms. The van der Waals surface area contributed by atoms with Gasteiger partial charge < -0.3 is 10.2 Å². The Morgan fingerprint density at radius 1 is 1.19 bits per heavy atom. The van der Waals surface area contributed by atoms with Crippen LogP contribution in [-0.4, -0.2) is 34.8 Å². The maximum Gasteiger partial charge on any atom is 0.256 e. The lowest BCUT2D eigenvalue weighted by molar-refractivity contribution is -0.125. The van der Waals surface area contributed by atoms with E-state index in [9.17, 15) is 9.59 Å². The zero-order valence-electron chi connectivity index (χ0n) is 20.7. The molecule has 0 saturated carbocycles. The molecule has 1 saturated heterocycles. The number of carbonyl (C=O) groups excluding carboxylic acids is 2. The average molecular weight is 498 g/mol. The summed E-state index contributed by atoms with van der Waals surface area (Å²) in [7, 11) is 0. The number of thiophene rings is 1. The number of aromatic nitrogens is 1. The molecule has 36 heavy (non-hydrogen) atoms. The van der Waals surface area contributed by atoms with Crippen molar-refractivity contribution >= 4 is 40.6 Å². The van der Waals surface area contributed by atoms with Crippen LogP contribution in [0.5, 0.6) is 0 Å². The molecule has 3 aliphatic rings. The first-order chi connectivity index (χ1) is 17.4. The first-order valence-electron chi connectivity index (χ1n) is 12.5. The highest BCUT2D eigenvalue weighted by molar-refractivity contribution is 7.08. The first-order valence-corrected chi connectivity index (χ1v) is 13.4. The summed E-state index contributed by atoms with van der Waals surface area (Å²) in [4.78, 5) is 31.9. The number of hydrogen-bond donors (Lipinski definition) is 1. The molecule has 1 aliphatic heterocycles. The van der Waals surface area contributed by atoms with Crippen LogP contribution < -0.4 is 5.32 Å². The Kier molecular flexibility index (Phi) is 7.14. The molecular weight excluding hydrogens is 466 g/mol. The van der Waals surface area contributed by atoms with Gasteiger partial charge >= 0.3 is 0 Å². The van der Waals surface area contributed by atoms with E-state index in [1.807, 2.05) is 36.1 Å². The second-order valence-corrected chi connectivity index (χ2v) is 10.7. The van der Waals surface area contributed by atoms with Gasteiger partial charge in [0.1, 0.15) is 5.82 Å². The molecule has 2 aromatic heterocycles. The summed E-state index contributed by atoms with van der Waals surface area (Å²) < 4.78 is 0. The van der Waals surface area contributed by atoms with Crippen molar-refractivity contribution in [2.45, 2.75) is 26.7 Å². The zero-order chi connectivity index (χ0) is 25.1. The Hall–Kier alpha value is -3.51. The zero-order valence-corrected chi connectivity index (χ0v) is 21.5. The van der Waals surface area contributed by atoms with Crippen LogP contribution in [0.3, 0.4) is 0 Å². The van der Waals surface area contributed by atoms with Crippen LogP contribution in [0.1, 0.15) is 37.8 Å². The first kappa shape index (κ1) is 24.2. The van der Waals surface area contributed by atoms with E-state index >= 15 is 0 Å².